The van der Waals surface area contributed by atoms with Gasteiger partial charge in [-0.15, -0.1) is 0 Å². The Balaban J connectivity index is 1.48. The van der Waals surface area contributed by atoms with E-state index in [1.54, 1.807) is 11.0 Å². The first-order valence-corrected chi connectivity index (χ1v) is 9.00. The first kappa shape index (κ1) is 16.3. The Morgan fingerprint density at radius 1 is 1.16 bits per heavy atom. The van der Waals surface area contributed by atoms with Crippen molar-refractivity contribution in [1.82, 2.24) is 19.7 Å². The standard InChI is InChI=1S/C17H19BrN6O/c1-23-17-14(15(18)22-23)16(20-11-21-17)19-10-12-2-4-13(5-3-12)24-6-8-25-9-7-24/h2-5,11H,6-10H2,1H3,(H,19,20,21). The molecular formula is C17H19BrN6O. The molecule has 1 aliphatic heterocycles. The predicted molar refractivity (Wildman–Crippen MR) is 101 cm³/mol. The molecule has 0 unspecified atom stereocenters. The maximum absolute atomic E-state index is 5.40. The number of hydrogen-bond donors (Lipinski definition) is 1. The third kappa shape index (κ3) is 3.32. The maximum Gasteiger partial charge on any atom is 0.164 e. The van der Waals surface area contributed by atoms with Gasteiger partial charge in [0.1, 0.15) is 16.7 Å². The highest BCUT2D eigenvalue weighted by molar-refractivity contribution is 9.10. The molecule has 1 N–H and O–H groups in total. The Labute approximate surface area is 154 Å². The SMILES string of the molecule is Cn1nc(Br)c2c(NCc3ccc(N4CCOCC4)cc3)ncnc21. The zero-order valence-corrected chi connectivity index (χ0v) is 15.5. The van der Waals surface area contributed by atoms with Gasteiger partial charge in [-0.2, -0.15) is 5.10 Å². The second-order valence-corrected chi connectivity index (χ2v) is 6.71. The molecule has 0 spiro atoms. The van der Waals surface area contributed by atoms with E-state index in [2.05, 4.69) is 65.5 Å². The fourth-order valence-corrected chi connectivity index (χ4v) is 3.61. The lowest BCUT2D eigenvalue weighted by atomic mass is 10.2. The lowest BCUT2D eigenvalue weighted by Crippen LogP contribution is -2.36. The molecule has 8 heteroatoms. The van der Waals surface area contributed by atoms with Crippen molar-refractivity contribution in [2.75, 3.05) is 36.5 Å². The van der Waals surface area contributed by atoms with E-state index in [-0.39, 0.29) is 0 Å². The van der Waals surface area contributed by atoms with Gasteiger partial charge in [-0.05, 0) is 33.6 Å². The summed E-state index contributed by atoms with van der Waals surface area (Å²) in [5.74, 6) is 0.780. The number of morpholine rings is 1. The van der Waals surface area contributed by atoms with Crippen LogP contribution in [0.4, 0.5) is 11.5 Å². The number of ether oxygens (including phenoxy) is 1. The topological polar surface area (TPSA) is 68.1 Å². The zero-order valence-electron chi connectivity index (χ0n) is 13.9. The molecule has 1 fully saturated rings. The molecule has 0 saturated carbocycles. The minimum atomic E-state index is 0.691. The van der Waals surface area contributed by atoms with Crippen molar-refractivity contribution in [3.63, 3.8) is 0 Å². The van der Waals surface area contributed by atoms with Gasteiger partial charge in [-0.3, -0.25) is 0 Å². The molecule has 1 saturated heterocycles. The fraction of sp³-hybridized carbons (Fsp3) is 0.353. The van der Waals surface area contributed by atoms with Gasteiger partial charge in [0.05, 0.1) is 18.6 Å². The highest BCUT2D eigenvalue weighted by Gasteiger charge is 2.13. The van der Waals surface area contributed by atoms with Crippen LogP contribution < -0.4 is 10.2 Å². The summed E-state index contributed by atoms with van der Waals surface area (Å²) in [6, 6.07) is 8.62. The smallest absolute Gasteiger partial charge is 0.164 e. The summed E-state index contributed by atoms with van der Waals surface area (Å²) in [5.41, 5.74) is 3.24. The molecular weight excluding hydrogens is 384 g/mol. The monoisotopic (exact) mass is 402 g/mol. The van der Waals surface area contributed by atoms with Crippen LogP contribution in [0.1, 0.15) is 5.56 Å². The van der Waals surface area contributed by atoms with Crippen molar-refractivity contribution in [2.24, 2.45) is 7.05 Å². The third-order valence-corrected chi connectivity index (χ3v) is 4.91. The first-order chi connectivity index (χ1) is 12.2. The van der Waals surface area contributed by atoms with Gasteiger partial charge in [0.15, 0.2) is 5.65 Å². The molecule has 7 nitrogen and oxygen atoms in total. The second kappa shape index (κ2) is 6.97. The number of aromatic nitrogens is 4. The van der Waals surface area contributed by atoms with Gasteiger partial charge in [-0.25, -0.2) is 14.6 Å². The van der Waals surface area contributed by atoms with Crippen molar-refractivity contribution in [3.05, 3.63) is 40.8 Å². The Morgan fingerprint density at radius 2 is 1.92 bits per heavy atom. The number of nitrogens with one attached hydrogen (secondary N) is 1. The van der Waals surface area contributed by atoms with E-state index >= 15 is 0 Å². The number of rotatable bonds is 4. The molecule has 4 rings (SSSR count). The molecule has 0 amide bonds. The summed E-state index contributed by atoms with van der Waals surface area (Å²) in [4.78, 5) is 11.0. The van der Waals surface area contributed by atoms with Gasteiger partial charge < -0.3 is 15.0 Å². The van der Waals surface area contributed by atoms with Gasteiger partial charge in [0, 0.05) is 32.4 Å². The van der Waals surface area contributed by atoms with Crippen molar-refractivity contribution in [1.29, 1.82) is 0 Å². The number of aryl methyl sites for hydroxylation is 1. The van der Waals surface area contributed by atoms with E-state index in [9.17, 15) is 0 Å². The highest BCUT2D eigenvalue weighted by atomic mass is 79.9. The second-order valence-electron chi connectivity index (χ2n) is 5.95. The molecule has 1 aliphatic rings. The molecule has 0 radical (unpaired) electrons. The fourth-order valence-electron chi connectivity index (χ4n) is 3.01. The summed E-state index contributed by atoms with van der Waals surface area (Å²) in [5, 5.41) is 8.63. The Hall–Kier alpha value is -2.19. The number of fused-ring (bicyclic) bond motifs is 1. The normalized spacial score (nSPS) is 14.9. The Bertz CT molecular complexity index is 873. The average molecular weight is 403 g/mol. The number of nitrogens with zero attached hydrogens (tertiary/aromatic N) is 5. The Kier molecular flexibility index (Phi) is 4.54. The van der Waals surface area contributed by atoms with Gasteiger partial charge in [-0.1, -0.05) is 12.1 Å². The van der Waals surface area contributed by atoms with Crippen LogP contribution >= 0.6 is 15.9 Å². The van der Waals surface area contributed by atoms with Crippen LogP contribution in [-0.2, 0) is 18.3 Å². The lowest BCUT2D eigenvalue weighted by Gasteiger charge is -2.28. The molecule has 1 aromatic carbocycles. The van der Waals surface area contributed by atoms with Gasteiger partial charge in [0.2, 0.25) is 0 Å². The molecule has 0 aliphatic carbocycles. The summed E-state index contributed by atoms with van der Waals surface area (Å²) in [6.45, 7) is 4.19. The van der Waals surface area contributed by atoms with Crippen molar-refractivity contribution in [2.45, 2.75) is 6.54 Å². The minimum absolute atomic E-state index is 0.691. The molecule has 2 aromatic heterocycles. The van der Waals surface area contributed by atoms with Crippen molar-refractivity contribution in [3.8, 4) is 0 Å². The Morgan fingerprint density at radius 3 is 2.68 bits per heavy atom. The van der Waals surface area contributed by atoms with Gasteiger partial charge >= 0.3 is 0 Å². The van der Waals surface area contributed by atoms with Crippen LogP contribution in [0.25, 0.3) is 11.0 Å². The quantitative estimate of drug-likeness (QED) is 0.723. The number of anilines is 2. The van der Waals surface area contributed by atoms with Crippen LogP contribution in [0, 0.1) is 0 Å². The van der Waals surface area contributed by atoms with Crippen molar-refractivity contribution < 1.29 is 4.74 Å². The molecule has 3 aromatic rings. The van der Waals surface area contributed by atoms with E-state index in [0.717, 1.165) is 47.8 Å². The number of hydrogen-bond acceptors (Lipinski definition) is 6. The minimum Gasteiger partial charge on any atom is -0.378 e. The molecule has 25 heavy (non-hydrogen) atoms. The highest BCUT2D eigenvalue weighted by Crippen LogP contribution is 2.27. The zero-order chi connectivity index (χ0) is 17.2. The van der Waals surface area contributed by atoms with Crippen LogP contribution in [-0.4, -0.2) is 46.1 Å². The van der Waals surface area contributed by atoms with Crippen LogP contribution in [0.3, 0.4) is 0 Å². The molecule has 0 bridgehead atoms. The summed E-state index contributed by atoms with van der Waals surface area (Å²) in [7, 11) is 1.87. The summed E-state index contributed by atoms with van der Waals surface area (Å²) >= 11 is 3.48. The van der Waals surface area contributed by atoms with Crippen LogP contribution in [0.2, 0.25) is 0 Å². The molecule has 130 valence electrons. The molecule has 3 heterocycles. The number of benzene rings is 1. The summed E-state index contributed by atoms with van der Waals surface area (Å²) < 4.78 is 7.89. The average Bonchev–Trinajstić information content (AvgIpc) is 2.96. The number of halogens is 1. The summed E-state index contributed by atoms with van der Waals surface area (Å²) in [6.07, 6.45) is 1.56. The van der Waals surface area contributed by atoms with E-state index in [1.807, 2.05) is 7.05 Å². The maximum atomic E-state index is 5.40. The third-order valence-electron chi connectivity index (χ3n) is 4.35. The molecule has 0 atom stereocenters. The first-order valence-electron chi connectivity index (χ1n) is 8.21. The van der Waals surface area contributed by atoms with E-state index in [1.165, 1.54) is 11.3 Å². The van der Waals surface area contributed by atoms with E-state index in [0.29, 0.717) is 6.54 Å². The lowest BCUT2D eigenvalue weighted by molar-refractivity contribution is 0.122. The predicted octanol–water partition coefficient (Wildman–Crippen LogP) is 2.57. The van der Waals surface area contributed by atoms with E-state index < -0.39 is 0 Å². The van der Waals surface area contributed by atoms with Crippen LogP contribution in [0.5, 0.6) is 0 Å². The van der Waals surface area contributed by atoms with Gasteiger partial charge in [0.25, 0.3) is 0 Å². The largest absolute Gasteiger partial charge is 0.378 e. The van der Waals surface area contributed by atoms with Crippen LogP contribution in [0.15, 0.2) is 35.2 Å². The van der Waals surface area contributed by atoms with Crippen molar-refractivity contribution >= 4 is 38.5 Å². The van der Waals surface area contributed by atoms with E-state index in [4.69, 9.17) is 4.74 Å².